The van der Waals surface area contributed by atoms with Gasteiger partial charge in [-0.2, -0.15) is 0 Å². The van der Waals surface area contributed by atoms with Crippen LogP contribution in [0.3, 0.4) is 0 Å². The van der Waals surface area contributed by atoms with Crippen LogP contribution in [0.25, 0.3) is 22.3 Å². The highest BCUT2D eigenvalue weighted by atomic mass is 15.4. The summed E-state index contributed by atoms with van der Waals surface area (Å²) in [6.07, 6.45) is 0. The Morgan fingerprint density at radius 1 is 0.444 bits per heavy atom. The fourth-order valence-electron chi connectivity index (χ4n) is 6.24. The lowest BCUT2D eigenvalue weighted by Crippen LogP contribution is -2.05. The van der Waals surface area contributed by atoms with Gasteiger partial charge in [-0.25, -0.2) is 0 Å². The number of nitrogens with one attached hydrogen (secondary N) is 1. The Kier molecular flexibility index (Phi) is 11.1. The minimum absolute atomic E-state index is 0.388. The van der Waals surface area contributed by atoms with E-state index in [0.29, 0.717) is 35.5 Å². The molecule has 3 heteroatoms. The monoisotopic (exact) mass is 601 g/mol. The molecule has 0 saturated carbocycles. The van der Waals surface area contributed by atoms with E-state index in [9.17, 15) is 0 Å². The third-order valence-electron chi connectivity index (χ3n) is 8.96. The van der Waals surface area contributed by atoms with Gasteiger partial charge in [0.15, 0.2) is 0 Å². The molecule has 0 spiro atoms. The van der Waals surface area contributed by atoms with Crippen LogP contribution in [0.2, 0.25) is 0 Å². The van der Waals surface area contributed by atoms with Gasteiger partial charge in [-0.1, -0.05) is 149 Å². The normalized spacial score (nSPS) is 12.2. The van der Waals surface area contributed by atoms with Crippen LogP contribution >= 0.6 is 0 Å². The van der Waals surface area contributed by atoms with E-state index >= 15 is 0 Å². The van der Waals surface area contributed by atoms with E-state index in [0.717, 1.165) is 16.9 Å². The molecule has 0 radical (unpaired) electrons. The number of hydrogen-bond acceptors (Lipinski definition) is 2. The maximum atomic E-state index is 4.84. The lowest BCUT2D eigenvalue weighted by Gasteiger charge is -2.24. The van der Waals surface area contributed by atoms with Gasteiger partial charge in [-0.15, -0.1) is 5.11 Å². The van der Waals surface area contributed by atoms with E-state index < -0.39 is 0 Å². The summed E-state index contributed by atoms with van der Waals surface area (Å²) in [6, 6.07) is 26.6. The average molecular weight is 602 g/mol. The van der Waals surface area contributed by atoms with Crippen molar-refractivity contribution in [3.63, 3.8) is 0 Å². The molecule has 0 bridgehead atoms. The zero-order valence-corrected chi connectivity index (χ0v) is 29.8. The first-order valence-corrected chi connectivity index (χ1v) is 17.0. The van der Waals surface area contributed by atoms with Crippen LogP contribution in [0.1, 0.15) is 152 Å². The number of anilines is 1. The van der Waals surface area contributed by atoms with Gasteiger partial charge < -0.3 is 0 Å². The van der Waals surface area contributed by atoms with Crippen LogP contribution in [0.4, 0.5) is 11.4 Å². The fourth-order valence-corrected chi connectivity index (χ4v) is 6.24. The molecule has 0 atom stereocenters. The van der Waals surface area contributed by atoms with Crippen molar-refractivity contribution in [3.8, 4) is 22.3 Å². The van der Waals surface area contributed by atoms with E-state index in [1.807, 2.05) is 0 Å². The molecule has 1 N–H and O–H groups in total. The van der Waals surface area contributed by atoms with Crippen molar-refractivity contribution in [2.45, 2.75) is 119 Å². The molecule has 0 aliphatic heterocycles. The van der Waals surface area contributed by atoms with Crippen molar-refractivity contribution in [3.05, 3.63) is 106 Å². The summed E-state index contributed by atoms with van der Waals surface area (Å²) in [4.78, 5) is 0. The molecule has 0 fully saturated rings. The van der Waals surface area contributed by atoms with E-state index in [1.54, 1.807) is 0 Å². The zero-order valence-electron chi connectivity index (χ0n) is 29.8. The number of benzene rings is 4. The highest BCUT2D eigenvalue weighted by Crippen LogP contribution is 2.44. The van der Waals surface area contributed by atoms with Crippen LogP contribution in [0.5, 0.6) is 0 Å². The number of rotatable bonds is 11. The lowest BCUT2D eigenvalue weighted by atomic mass is 9.81. The Morgan fingerprint density at radius 2 is 0.822 bits per heavy atom. The SMILES string of the molecule is CC(C)c1cc(C(C)C)c(-c2ccccc2N=NNc2ccccc2-c2c(C(C)C)cc(C(C)C)cc2C(C)C)c(C(C)C)c1. The lowest BCUT2D eigenvalue weighted by molar-refractivity contribution is 0.807. The molecule has 0 aliphatic carbocycles. The summed E-state index contributed by atoms with van der Waals surface area (Å²) in [7, 11) is 0. The molecule has 3 nitrogen and oxygen atoms in total. The van der Waals surface area contributed by atoms with Crippen molar-refractivity contribution in [2.24, 2.45) is 10.3 Å². The highest BCUT2D eigenvalue weighted by Gasteiger charge is 2.22. The largest absolute Gasteiger partial charge is 0.259 e. The molecular weight excluding hydrogens is 546 g/mol. The number of para-hydroxylation sites is 1. The van der Waals surface area contributed by atoms with Crippen molar-refractivity contribution in [1.29, 1.82) is 0 Å². The first-order valence-electron chi connectivity index (χ1n) is 17.0. The number of hydrogen-bond donors (Lipinski definition) is 1. The van der Waals surface area contributed by atoms with Crippen LogP contribution in [-0.2, 0) is 0 Å². The van der Waals surface area contributed by atoms with Gasteiger partial charge in [-0.3, -0.25) is 5.43 Å². The summed E-state index contributed by atoms with van der Waals surface area (Å²) in [5.41, 5.74) is 18.4. The Balaban J connectivity index is 1.82. The minimum Gasteiger partial charge on any atom is -0.259 e. The molecule has 0 saturated heterocycles. The van der Waals surface area contributed by atoms with E-state index in [4.69, 9.17) is 5.11 Å². The molecule has 4 rings (SSSR count). The Bertz CT molecular complexity index is 1580. The molecule has 0 amide bonds. The van der Waals surface area contributed by atoms with Gasteiger partial charge in [0.25, 0.3) is 0 Å². The van der Waals surface area contributed by atoms with Crippen LogP contribution < -0.4 is 5.43 Å². The maximum Gasteiger partial charge on any atom is 0.0952 e. The molecule has 4 aromatic rings. The third-order valence-corrected chi connectivity index (χ3v) is 8.96. The average Bonchev–Trinajstić information content (AvgIpc) is 3.00. The highest BCUT2D eigenvalue weighted by molar-refractivity contribution is 5.84. The van der Waals surface area contributed by atoms with E-state index in [2.05, 4.69) is 167 Å². The fraction of sp³-hybridized carbons (Fsp3) is 0.429. The standard InChI is InChI=1S/C42H55N3/c1-25(2)31-21-35(27(5)6)41(36(22-31)28(7)8)33-17-13-15-19-39(33)43-45-44-40-20-16-14-18-34(40)42-37(29(9)10)23-32(26(3)4)24-38(42)30(11)12/h13-30H,1-12H3,(H,43,44). The quantitative estimate of drug-likeness (QED) is 0.135. The summed E-state index contributed by atoms with van der Waals surface area (Å²) < 4.78 is 0. The Morgan fingerprint density at radius 3 is 1.24 bits per heavy atom. The maximum absolute atomic E-state index is 4.84. The van der Waals surface area contributed by atoms with E-state index in [-0.39, 0.29) is 0 Å². The Hall–Kier alpha value is -3.72. The second kappa shape index (κ2) is 14.6. The molecular formula is C42H55N3. The summed E-state index contributed by atoms with van der Waals surface area (Å²) >= 11 is 0. The second-order valence-electron chi connectivity index (χ2n) is 14.5. The smallest absolute Gasteiger partial charge is 0.0952 e. The molecule has 0 aromatic heterocycles. The summed E-state index contributed by atoms with van der Waals surface area (Å²) in [5.74, 6) is 2.51. The van der Waals surface area contributed by atoms with Gasteiger partial charge in [0.2, 0.25) is 0 Å². The number of nitrogens with zero attached hydrogens (tertiary/aromatic N) is 2. The second-order valence-corrected chi connectivity index (χ2v) is 14.5. The molecule has 0 heterocycles. The van der Waals surface area contributed by atoms with Crippen molar-refractivity contribution in [1.82, 2.24) is 0 Å². The third kappa shape index (κ3) is 7.57. The topological polar surface area (TPSA) is 36.8 Å². The zero-order chi connectivity index (χ0) is 33.0. The molecule has 45 heavy (non-hydrogen) atoms. The first kappa shape index (κ1) is 34.2. The van der Waals surface area contributed by atoms with Gasteiger partial charge >= 0.3 is 0 Å². The summed E-state index contributed by atoms with van der Waals surface area (Å²) in [5, 5.41) is 9.49. The van der Waals surface area contributed by atoms with E-state index in [1.165, 1.54) is 50.1 Å². The predicted octanol–water partition coefficient (Wildman–Crippen LogP) is 13.9. The van der Waals surface area contributed by atoms with Crippen LogP contribution in [0.15, 0.2) is 83.1 Å². The molecule has 0 unspecified atom stereocenters. The molecule has 238 valence electrons. The van der Waals surface area contributed by atoms with Gasteiger partial charge in [0.05, 0.1) is 11.4 Å². The van der Waals surface area contributed by atoms with Crippen LogP contribution in [0, 0.1) is 0 Å². The van der Waals surface area contributed by atoms with Crippen molar-refractivity contribution in [2.75, 3.05) is 5.43 Å². The van der Waals surface area contributed by atoms with Crippen molar-refractivity contribution < 1.29 is 0 Å². The first-order chi connectivity index (χ1) is 21.3. The molecule has 0 aliphatic rings. The predicted molar refractivity (Wildman–Crippen MR) is 196 cm³/mol. The van der Waals surface area contributed by atoms with Crippen LogP contribution in [-0.4, -0.2) is 0 Å². The summed E-state index contributed by atoms with van der Waals surface area (Å²) in [6.45, 7) is 27.5. The van der Waals surface area contributed by atoms with Crippen molar-refractivity contribution >= 4 is 11.4 Å². The molecule has 4 aromatic carbocycles. The van der Waals surface area contributed by atoms with Gasteiger partial charge in [-0.05, 0) is 92.1 Å². The van der Waals surface area contributed by atoms with Gasteiger partial charge in [0, 0.05) is 11.1 Å². The van der Waals surface area contributed by atoms with Gasteiger partial charge in [0.1, 0.15) is 0 Å². The Labute approximate surface area is 273 Å². The minimum atomic E-state index is 0.388.